The fourth-order valence-corrected chi connectivity index (χ4v) is 5.62. The zero-order chi connectivity index (χ0) is 23.1. The highest BCUT2D eigenvalue weighted by Crippen LogP contribution is 2.47. The molecule has 2 fully saturated rings. The molecule has 0 radical (unpaired) electrons. The van der Waals surface area contributed by atoms with Crippen LogP contribution in [0.1, 0.15) is 48.8 Å². The highest BCUT2D eigenvalue weighted by Gasteiger charge is 2.54. The molecule has 9 heteroatoms. The second-order valence-corrected chi connectivity index (χ2v) is 9.94. The van der Waals surface area contributed by atoms with Gasteiger partial charge in [-0.1, -0.05) is 36.2 Å². The molecule has 0 bridgehead atoms. The van der Waals surface area contributed by atoms with Crippen LogP contribution in [0.5, 0.6) is 0 Å². The minimum absolute atomic E-state index is 0.0575. The molecule has 1 aliphatic heterocycles. The number of alkyl halides is 3. The third-order valence-electron chi connectivity index (χ3n) is 5.87. The maximum absolute atomic E-state index is 13.4. The van der Waals surface area contributed by atoms with Crippen molar-refractivity contribution in [1.29, 1.82) is 0 Å². The van der Waals surface area contributed by atoms with E-state index >= 15 is 0 Å². The Bertz CT molecular complexity index is 1160. The lowest BCUT2D eigenvalue weighted by Gasteiger charge is -2.32. The van der Waals surface area contributed by atoms with Gasteiger partial charge in [-0.3, -0.25) is 0 Å². The summed E-state index contributed by atoms with van der Waals surface area (Å²) in [5.74, 6) is 0. The van der Waals surface area contributed by atoms with Gasteiger partial charge in [0.05, 0.1) is 16.2 Å². The second-order valence-electron chi connectivity index (χ2n) is 8.16. The fraction of sp³-hybridized carbons (Fsp3) is 0.348. The third-order valence-corrected chi connectivity index (χ3v) is 7.57. The van der Waals surface area contributed by atoms with E-state index in [1.54, 1.807) is 19.1 Å². The third kappa shape index (κ3) is 4.01. The molecule has 0 N–H and O–H groups in total. The molecule has 0 unspecified atom stereocenters. The number of halogens is 3. The van der Waals surface area contributed by atoms with Crippen LogP contribution in [0.4, 0.5) is 18.0 Å². The van der Waals surface area contributed by atoms with Gasteiger partial charge in [-0.2, -0.15) is 17.5 Å². The van der Waals surface area contributed by atoms with E-state index in [-0.39, 0.29) is 16.2 Å². The smallest absolute Gasteiger partial charge is 0.429 e. The number of ether oxygens (including phenoxy) is 1. The first-order chi connectivity index (χ1) is 15.0. The van der Waals surface area contributed by atoms with Gasteiger partial charge in [0.1, 0.15) is 0 Å². The molecule has 0 aromatic heterocycles. The zero-order valence-electron chi connectivity index (χ0n) is 17.4. The van der Waals surface area contributed by atoms with E-state index in [2.05, 4.69) is 0 Å². The number of nitrogens with zero attached hydrogens (tertiary/aromatic N) is 1. The highest BCUT2D eigenvalue weighted by atomic mass is 32.2. The van der Waals surface area contributed by atoms with Gasteiger partial charge in [-0.25, -0.2) is 13.2 Å². The summed E-state index contributed by atoms with van der Waals surface area (Å²) >= 11 is 0. The summed E-state index contributed by atoms with van der Waals surface area (Å²) in [4.78, 5) is 12.8. The fourth-order valence-electron chi connectivity index (χ4n) is 4.22. The van der Waals surface area contributed by atoms with Gasteiger partial charge in [-0.05, 0) is 68.5 Å². The van der Waals surface area contributed by atoms with Crippen molar-refractivity contribution in [3.63, 3.8) is 0 Å². The molecule has 4 rings (SSSR count). The molecule has 1 saturated heterocycles. The summed E-state index contributed by atoms with van der Waals surface area (Å²) in [5.41, 5.74) is -0.995. The summed E-state index contributed by atoms with van der Waals surface area (Å²) in [6.45, 7) is 1.80. The Labute approximate surface area is 184 Å². The first-order valence-corrected chi connectivity index (χ1v) is 11.7. The minimum atomic E-state index is -4.55. The van der Waals surface area contributed by atoms with E-state index in [1.807, 2.05) is 0 Å². The Morgan fingerprint density at radius 3 is 2.31 bits per heavy atom. The van der Waals surface area contributed by atoms with E-state index in [9.17, 15) is 26.4 Å². The largest absolute Gasteiger partial charge is 0.435 e. The van der Waals surface area contributed by atoms with Crippen LogP contribution in [0.25, 0.3) is 6.08 Å². The van der Waals surface area contributed by atoms with Gasteiger partial charge in [0, 0.05) is 0 Å². The zero-order valence-corrected chi connectivity index (χ0v) is 18.2. The van der Waals surface area contributed by atoms with Crippen LogP contribution in [0.15, 0.2) is 59.1 Å². The van der Waals surface area contributed by atoms with Crippen LogP contribution >= 0.6 is 0 Å². The van der Waals surface area contributed by atoms with Crippen molar-refractivity contribution < 1.29 is 31.1 Å². The van der Waals surface area contributed by atoms with Crippen molar-refractivity contribution in [3.8, 4) is 0 Å². The van der Waals surface area contributed by atoms with Crippen LogP contribution in [-0.2, 0) is 20.9 Å². The van der Waals surface area contributed by atoms with Crippen LogP contribution in [0, 0.1) is 6.92 Å². The van der Waals surface area contributed by atoms with Crippen molar-refractivity contribution in [3.05, 3.63) is 70.9 Å². The van der Waals surface area contributed by atoms with Crippen LogP contribution < -0.4 is 0 Å². The lowest BCUT2D eigenvalue weighted by molar-refractivity contribution is -0.137. The minimum Gasteiger partial charge on any atom is -0.435 e. The maximum atomic E-state index is 13.4. The van der Waals surface area contributed by atoms with Crippen LogP contribution in [0.3, 0.4) is 0 Å². The van der Waals surface area contributed by atoms with Crippen molar-refractivity contribution in [1.82, 2.24) is 4.31 Å². The van der Waals surface area contributed by atoms with E-state index in [0.29, 0.717) is 30.0 Å². The number of hydrogen-bond donors (Lipinski definition) is 0. The molecule has 0 atom stereocenters. The van der Waals surface area contributed by atoms with Crippen LogP contribution in [-0.4, -0.2) is 24.4 Å². The van der Waals surface area contributed by atoms with Crippen molar-refractivity contribution in [2.75, 3.05) is 0 Å². The molecule has 2 aromatic rings. The molecule has 5 nitrogen and oxygen atoms in total. The molecule has 1 amide bonds. The number of benzene rings is 2. The SMILES string of the molecule is Cc1ccc(S(=O)(=O)N2C(=O)OC3(CCCCC3)/C2=C/c2cccc(C(F)(F)F)c2)cc1. The van der Waals surface area contributed by atoms with Gasteiger partial charge in [0.2, 0.25) is 0 Å². The van der Waals surface area contributed by atoms with E-state index < -0.39 is 33.5 Å². The number of carbonyl (C=O) groups excluding carboxylic acids is 1. The summed E-state index contributed by atoms with van der Waals surface area (Å²) in [7, 11) is -4.32. The summed E-state index contributed by atoms with van der Waals surface area (Å²) in [5, 5.41) is 0. The predicted molar refractivity (Wildman–Crippen MR) is 112 cm³/mol. The summed E-state index contributed by atoms with van der Waals surface area (Å²) in [6, 6.07) is 10.6. The first-order valence-electron chi connectivity index (χ1n) is 10.3. The molecule has 2 aromatic carbocycles. The Morgan fingerprint density at radius 1 is 1.03 bits per heavy atom. The normalized spacial score (nSPS) is 20.1. The Balaban J connectivity index is 1.86. The molecule has 170 valence electrons. The van der Waals surface area contributed by atoms with Crippen LogP contribution in [0.2, 0.25) is 0 Å². The topological polar surface area (TPSA) is 63.7 Å². The van der Waals surface area contributed by atoms with E-state index in [0.717, 1.165) is 24.1 Å². The average Bonchev–Trinajstić information content (AvgIpc) is 2.99. The number of carbonyl (C=O) groups is 1. The first kappa shape index (κ1) is 22.4. The van der Waals surface area contributed by atoms with E-state index in [4.69, 9.17) is 4.74 Å². The molecule has 1 saturated carbocycles. The molecule has 32 heavy (non-hydrogen) atoms. The molecular formula is C23H22F3NO4S. The lowest BCUT2D eigenvalue weighted by atomic mass is 9.82. The average molecular weight is 465 g/mol. The van der Waals surface area contributed by atoms with E-state index in [1.165, 1.54) is 30.3 Å². The number of sulfonamides is 1. The van der Waals surface area contributed by atoms with Crippen molar-refractivity contribution >= 4 is 22.2 Å². The van der Waals surface area contributed by atoms with Gasteiger partial charge in [0.15, 0.2) is 5.60 Å². The monoisotopic (exact) mass is 465 g/mol. The maximum Gasteiger partial charge on any atom is 0.429 e. The second kappa shape index (κ2) is 7.95. The molecule has 2 aliphatic rings. The number of amides is 1. The molecule has 1 spiro atoms. The quantitative estimate of drug-likeness (QED) is 0.566. The predicted octanol–water partition coefficient (Wildman–Crippen LogP) is 5.90. The molecule has 1 heterocycles. The van der Waals surface area contributed by atoms with Gasteiger partial charge in [-0.15, -0.1) is 0 Å². The Kier molecular flexibility index (Phi) is 5.56. The number of hydrogen-bond acceptors (Lipinski definition) is 4. The van der Waals surface area contributed by atoms with Crippen molar-refractivity contribution in [2.45, 2.75) is 55.7 Å². The highest BCUT2D eigenvalue weighted by molar-refractivity contribution is 7.89. The van der Waals surface area contributed by atoms with Gasteiger partial charge in [0.25, 0.3) is 10.0 Å². The van der Waals surface area contributed by atoms with Crippen molar-refractivity contribution in [2.24, 2.45) is 0 Å². The van der Waals surface area contributed by atoms with Gasteiger partial charge < -0.3 is 4.74 Å². The number of aryl methyl sites for hydroxylation is 1. The van der Waals surface area contributed by atoms with Gasteiger partial charge >= 0.3 is 12.3 Å². The summed E-state index contributed by atoms with van der Waals surface area (Å²) in [6.07, 6.45) is -1.11. The lowest BCUT2D eigenvalue weighted by Crippen LogP contribution is -2.36. The Morgan fingerprint density at radius 2 is 1.69 bits per heavy atom. The molecular weight excluding hydrogens is 443 g/mol. The Hall–Kier alpha value is -2.81. The summed E-state index contributed by atoms with van der Waals surface area (Å²) < 4.78 is 72.7. The number of rotatable bonds is 3. The standard InChI is InChI=1S/C23H22F3NO4S/c1-16-8-10-19(11-9-16)32(29,30)27-20(22(31-21(27)28)12-3-2-4-13-22)15-17-6-5-7-18(14-17)23(24,25)26/h5-11,14-15H,2-4,12-13H2,1H3/b20-15-. The molecule has 1 aliphatic carbocycles.